The second-order valence-electron chi connectivity index (χ2n) is 5.52. The van der Waals surface area contributed by atoms with Crippen molar-refractivity contribution in [2.45, 2.75) is 24.7 Å². The molecule has 2 aromatic rings. The predicted octanol–water partition coefficient (Wildman–Crippen LogP) is 3.55. The topological polar surface area (TPSA) is 66.5 Å². The highest BCUT2D eigenvalue weighted by Crippen LogP contribution is 2.31. The lowest BCUT2D eigenvalue weighted by Gasteiger charge is -2.28. The number of benzene rings is 2. The number of fused-ring (bicyclic) bond motifs is 1. The summed E-state index contributed by atoms with van der Waals surface area (Å²) in [4.78, 5) is 13.8. The number of sulfonamides is 1. The second-order valence-corrected chi connectivity index (χ2v) is 8.02. The van der Waals surface area contributed by atoms with Gasteiger partial charge in [0, 0.05) is 28.8 Å². The molecule has 1 amide bonds. The van der Waals surface area contributed by atoms with E-state index in [2.05, 4.69) is 20.7 Å². The van der Waals surface area contributed by atoms with Gasteiger partial charge in [-0.1, -0.05) is 12.1 Å². The summed E-state index contributed by atoms with van der Waals surface area (Å²) in [5, 5.41) is 0. The average molecular weight is 409 g/mol. The van der Waals surface area contributed by atoms with Crippen molar-refractivity contribution in [1.29, 1.82) is 0 Å². The molecule has 1 aliphatic heterocycles. The smallest absolute Gasteiger partial charge is 0.263 e. The van der Waals surface area contributed by atoms with E-state index in [4.69, 9.17) is 0 Å². The van der Waals surface area contributed by atoms with E-state index in [9.17, 15) is 13.2 Å². The zero-order valence-corrected chi connectivity index (χ0v) is 15.5. The number of anilines is 2. The van der Waals surface area contributed by atoms with Crippen molar-refractivity contribution in [2.24, 2.45) is 0 Å². The number of carbonyl (C=O) groups excluding carboxylic acids is 1. The molecule has 3 rings (SSSR count). The maximum atomic E-state index is 12.6. The Hall–Kier alpha value is -1.86. The maximum absolute atomic E-state index is 12.6. The molecule has 0 saturated heterocycles. The van der Waals surface area contributed by atoms with Gasteiger partial charge in [0.05, 0.1) is 0 Å². The Morgan fingerprint density at radius 2 is 1.92 bits per heavy atom. The van der Waals surface area contributed by atoms with Crippen LogP contribution in [-0.4, -0.2) is 20.9 Å². The molecule has 0 spiro atoms. The minimum atomic E-state index is -3.68. The third kappa shape index (κ3) is 3.18. The van der Waals surface area contributed by atoms with Crippen LogP contribution in [0.1, 0.15) is 18.9 Å². The Bertz CT molecular complexity index is 896. The molecule has 0 unspecified atom stereocenters. The normalized spacial score (nSPS) is 14.4. The quantitative estimate of drug-likeness (QED) is 0.840. The molecule has 24 heavy (non-hydrogen) atoms. The highest BCUT2D eigenvalue weighted by atomic mass is 79.9. The minimum Gasteiger partial charge on any atom is -0.312 e. The van der Waals surface area contributed by atoms with Gasteiger partial charge < -0.3 is 4.90 Å². The highest BCUT2D eigenvalue weighted by Gasteiger charge is 2.24. The van der Waals surface area contributed by atoms with E-state index in [1.807, 2.05) is 6.92 Å². The molecule has 7 heteroatoms. The lowest BCUT2D eigenvalue weighted by molar-refractivity contribution is -0.118. The number of hydrogen-bond acceptors (Lipinski definition) is 3. The summed E-state index contributed by atoms with van der Waals surface area (Å²) in [6, 6.07) is 12.0. The van der Waals surface area contributed by atoms with E-state index in [1.54, 1.807) is 47.4 Å². The van der Waals surface area contributed by atoms with E-state index in [0.717, 1.165) is 11.3 Å². The second kappa shape index (κ2) is 6.57. The van der Waals surface area contributed by atoms with Crippen LogP contribution in [0.2, 0.25) is 0 Å². The molecule has 126 valence electrons. The average Bonchev–Trinajstić information content (AvgIpc) is 2.55. The molecule has 2 aromatic carbocycles. The van der Waals surface area contributed by atoms with Crippen LogP contribution >= 0.6 is 15.9 Å². The molecule has 0 aliphatic carbocycles. The first-order valence-electron chi connectivity index (χ1n) is 7.63. The summed E-state index contributed by atoms with van der Waals surface area (Å²) >= 11 is 3.27. The lowest BCUT2D eigenvalue weighted by atomic mass is 10.0. The minimum absolute atomic E-state index is 0.103. The molecule has 0 aromatic heterocycles. The van der Waals surface area contributed by atoms with Gasteiger partial charge in [-0.05, 0) is 65.2 Å². The molecule has 0 saturated carbocycles. The van der Waals surface area contributed by atoms with Crippen LogP contribution in [0, 0.1) is 0 Å². The summed E-state index contributed by atoms with van der Waals surface area (Å²) in [6.45, 7) is 2.53. The fraction of sp³-hybridized carbons (Fsp3) is 0.235. The molecule has 0 radical (unpaired) electrons. The van der Waals surface area contributed by atoms with Gasteiger partial charge in [0.1, 0.15) is 4.90 Å². The summed E-state index contributed by atoms with van der Waals surface area (Å²) in [5.41, 5.74) is 2.33. The Balaban J connectivity index is 1.92. The van der Waals surface area contributed by atoms with Crippen molar-refractivity contribution in [3.63, 3.8) is 0 Å². The first-order chi connectivity index (χ1) is 11.4. The molecule has 1 N–H and O–H groups in total. The van der Waals surface area contributed by atoms with E-state index in [1.165, 1.54) is 0 Å². The van der Waals surface area contributed by atoms with Gasteiger partial charge in [-0.15, -0.1) is 0 Å². The fourth-order valence-corrected chi connectivity index (χ4v) is 4.90. The largest absolute Gasteiger partial charge is 0.312 e. The third-order valence-electron chi connectivity index (χ3n) is 3.97. The van der Waals surface area contributed by atoms with E-state index < -0.39 is 10.0 Å². The van der Waals surface area contributed by atoms with Gasteiger partial charge in [0.25, 0.3) is 10.0 Å². The van der Waals surface area contributed by atoms with Gasteiger partial charge in [0.15, 0.2) is 0 Å². The van der Waals surface area contributed by atoms with Crippen molar-refractivity contribution < 1.29 is 13.2 Å². The highest BCUT2D eigenvalue weighted by molar-refractivity contribution is 9.10. The van der Waals surface area contributed by atoms with Gasteiger partial charge in [-0.25, -0.2) is 8.42 Å². The molecular formula is C17H17BrN2O3S. The summed E-state index contributed by atoms with van der Waals surface area (Å²) < 4.78 is 28.2. The molecule has 0 bridgehead atoms. The summed E-state index contributed by atoms with van der Waals surface area (Å²) in [6.07, 6.45) is 1.07. The molecule has 0 fully saturated rings. The molecule has 5 nitrogen and oxygen atoms in total. The van der Waals surface area contributed by atoms with E-state index >= 15 is 0 Å². The van der Waals surface area contributed by atoms with Crippen molar-refractivity contribution in [3.05, 3.63) is 52.5 Å². The van der Waals surface area contributed by atoms with Gasteiger partial charge in [-0.3, -0.25) is 9.52 Å². The van der Waals surface area contributed by atoms with Crippen LogP contribution in [0.5, 0.6) is 0 Å². The lowest BCUT2D eigenvalue weighted by Crippen LogP contribution is -2.34. The third-order valence-corrected chi connectivity index (χ3v) is 6.37. The monoisotopic (exact) mass is 408 g/mol. The number of aryl methyl sites for hydroxylation is 1. The SMILES string of the molecule is CCN1C(=O)CCc2cc(NS(=O)(=O)c3ccccc3Br)ccc21. The summed E-state index contributed by atoms with van der Waals surface area (Å²) in [5.74, 6) is 0.103. The maximum Gasteiger partial charge on any atom is 0.263 e. The van der Waals surface area contributed by atoms with Crippen molar-refractivity contribution >= 4 is 43.2 Å². The van der Waals surface area contributed by atoms with Gasteiger partial charge in [0.2, 0.25) is 5.91 Å². The number of nitrogens with one attached hydrogen (secondary N) is 1. The van der Waals surface area contributed by atoms with Crippen molar-refractivity contribution in [3.8, 4) is 0 Å². The number of amides is 1. The Kier molecular flexibility index (Phi) is 4.64. The Morgan fingerprint density at radius 3 is 2.62 bits per heavy atom. The Morgan fingerprint density at radius 1 is 1.17 bits per heavy atom. The first kappa shape index (κ1) is 17.0. The number of hydrogen-bond donors (Lipinski definition) is 1. The molecule has 0 atom stereocenters. The van der Waals surface area contributed by atoms with Crippen molar-refractivity contribution in [1.82, 2.24) is 0 Å². The van der Waals surface area contributed by atoms with E-state index in [-0.39, 0.29) is 10.8 Å². The number of carbonyl (C=O) groups is 1. The Labute approximate surface area is 149 Å². The van der Waals surface area contributed by atoms with Crippen LogP contribution in [0.4, 0.5) is 11.4 Å². The van der Waals surface area contributed by atoms with E-state index in [0.29, 0.717) is 29.5 Å². The molecular weight excluding hydrogens is 392 g/mol. The zero-order valence-electron chi connectivity index (χ0n) is 13.1. The first-order valence-corrected chi connectivity index (χ1v) is 9.90. The predicted molar refractivity (Wildman–Crippen MR) is 97.7 cm³/mol. The van der Waals surface area contributed by atoms with Crippen LogP contribution in [0.3, 0.4) is 0 Å². The molecule has 1 aliphatic rings. The summed E-state index contributed by atoms with van der Waals surface area (Å²) in [7, 11) is -3.68. The zero-order chi connectivity index (χ0) is 17.3. The van der Waals surface area contributed by atoms with Crippen LogP contribution in [-0.2, 0) is 21.2 Å². The fourth-order valence-electron chi connectivity index (χ4n) is 2.84. The van der Waals surface area contributed by atoms with Crippen LogP contribution < -0.4 is 9.62 Å². The number of nitrogens with zero attached hydrogens (tertiary/aromatic N) is 1. The number of rotatable bonds is 4. The standard InChI is InChI=1S/C17H17BrN2O3S/c1-2-20-15-9-8-13(11-12(15)7-10-17(20)21)19-24(22,23)16-6-4-3-5-14(16)18/h3-6,8-9,11,19H,2,7,10H2,1H3. The van der Waals surface area contributed by atoms with Gasteiger partial charge >= 0.3 is 0 Å². The van der Waals surface area contributed by atoms with Gasteiger partial charge in [-0.2, -0.15) is 0 Å². The van der Waals surface area contributed by atoms with Crippen LogP contribution in [0.15, 0.2) is 51.8 Å². The molecule has 1 heterocycles. The van der Waals surface area contributed by atoms with Crippen molar-refractivity contribution in [2.75, 3.05) is 16.2 Å². The van der Waals surface area contributed by atoms with Crippen LogP contribution in [0.25, 0.3) is 0 Å². The number of halogens is 1.